The zero-order chi connectivity index (χ0) is 8.27. The van der Waals surface area contributed by atoms with Crippen LogP contribution in [0.1, 0.15) is 19.8 Å². The highest BCUT2D eigenvalue weighted by molar-refractivity contribution is 5.73. The lowest BCUT2D eigenvalue weighted by Crippen LogP contribution is -2.45. The van der Waals surface area contributed by atoms with Crippen molar-refractivity contribution in [3.63, 3.8) is 0 Å². The van der Waals surface area contributed by atoms with Gasteiger partial charge in [0.15, 0.2) is 0 Å². The number of rotatable bonds is 1. The van der Waals surface area contributed by atoms with E-state index >= 15 is 0 Å². The first kappa shape index (κ1) is 8.53. The third kappa shape index (κ3) is 2.89. The SMILES string of the molecule is CC(=O)N[C@@H]1CCCN(C)C1. The molecule has 1 heterocycles. The molecule has 0 aromatic carbocycles. The van der Waals surface area contributed by atoms with Gasteiger partial charge in [0, 0.05) is 19.5 Å². The molecule has 0 radical (unpaired) electrons. The molecule has 1 amide bonds. The summed E-state index contributed by atoms with van der Waals surface area (Å²) in [5, 5.41) is 2.93. The number of nitrogens with zero attached hydrogens (tertiary/aromatic N) is 1. The number of hydrogen-bond donors (Lipinski definition) is 1. The standard InChI is InChI=1S/C8H16N2O/c1-7(11)9-8-4-3-5-10(2)6-8/h8H,3-6H2,1-2H3,(H,9,11)/t8-/m1/s1. The van der Waals surface area contributed by atoms with Crippen LogP contribution in [0.5, 0.6) is 0 Å². The van der Waals surface area contributed by atoms with E-state index in [-0.39, 0.29) is 5.91 Å². The van der Waals surface area contributed by atoms with Gasteiger partial charge in [0.2, 0.25) is 5.91 Å². The average Bonchev–Trinajstić information content (AvgIpc) is 1.85. The summed E-state index contributed by atoms with van der Waals surface area (Å²) in [6.45, 7) is 3.74. The van der Waals surface area contributed by atoms with E-state index in [1.54, 1.807) is 6.92 Å². The molecule has 1 aliphatic heterocycles. The van der Waals surface area contributed by atoms with Crippen LogP contribution in [-0.2, 0) is 4.79 Å². The minimum Gasteiger partial charge on any atom is -0.352 e. The molecule has 0 unspecified atom stereocenters. The van der Waals surface area contributed by atoms with Crippen LogP contribution < -0.4 is 5.32 Å². The molecule has 11 heavy (non-hydrogen) atoms. The van der Waals surface area contributed by atoms with Crippen molar-refractivity contribution in [3.05, 3.63) is 0 Å². The van der Waals surface area contributed by atoms with Gasteiger partial charge in [-0.1, -0.05) is 0 Å². The van der Waals surface area contributed by atoms with E-state index in [0.29, 0.717) is 6.04 Å². The summed E-state index contributed by atoms with van der Waals surface area (Å²) in [4.78, 5) is 12.9. The van der Waals surface area contributed by atoms with Crippen molar-refractivity contribution in [1.29, 1.82) is 0 Å². The molecule has 64 valence electrons. The van der Waals surface area contributed by atoms with Crippen LogP contribution in [0.4, 0.5) is 0 Å². The van der Waals surface area contributed by atoms with Crippen molar-refractivity contribution in [2.45, 2.75) is 25.8 Å². The van der Waals surface area contributed by atoms with Gasteiger partial charge >= 0.3 is 0 Å². The van der Waals surface area contributed by atoms with Gasteiger partial charge in [-0.3, -0.25) is 4.79 Å². The predicted octanol–water partition coefficient (Wildman–Crippen LogP) is 0.217. The molecule has 0 bridgehead atoms. The van der Waals surface area contributed by atoms with Crippen LogP contribution >= 0.6 is 0 Å². The van der Waals surface area contributed by atoms with Gasteiger partial charge in [-0.2, -0.15) is 0 Å². The summed E-state index contributed by atoms with van der Waals surface area (Å²) in [5.41, 5.74) is 0. The van der Waals surface area contributed by atoms with E-state index in [9.17, 15) is 4.79 Å². The molecule has 0 spiro atoms. The Morgan fingerprint density at radius 1 is 1.64 bits per heavy atom. The van der Waals surface area contributed by atoms with Crippen LogP contribution in [0, 0.1) is 0 Å². The number of hydrogen-bond acceptors (Lipinski definition) is 2. The number of nitrogens with one attached hydrogen (secondary N) is 1. The molecule has 1 saturated heterocycles. The second-order valence-electron chi connectivity index (χ2n) is 3.30. The van der Waals surface area contributed by atoms with E-state index in [2.05, 4.69) is 17.3 Å². The van der Waals surface area contributed by atoms with Gasteiger partial charge in [0.05, 0.1) is 0 Å². The normalized spacial score (nSPS) is 26.5. The quantitative estimate of drug-likeness (QED) is 0.589. The molecule has 0 aromatic heterocycles. The second kappa shape index (κ2) is 3.72. The van der Waals surface area contributed by atoms with Crippen molar-refractivity contribution < 1.29 is 4.79 Å². The summed E-state index contributed by atoms with van der Waals surface area (Å²) in [7, 11) is 2.09. The fraction of sp³-hybridized carbons (Fsp3) is 0.875. The van der Waals surface area contributed by atoms with Gasteiger partial charge in [-0.15, -0.1) is 0 Å². The molecule has 3 heteroatoms. The lowest BCUT2D eigenvalue weighted by molar-refractivity contribution is -0.119. The van der Waals surface area contributed by atoms with Gasteiger partial charge in [0.1, 0.15) is 0 Å². The largest absolute Gasteiger partial charge is 0.352 e. The minimum absolute atomic E-state index is 0.0882. The summed E-state index contributed by atoms with van der Waals surface area (Å²) >= 11 is 0. The van der Waals surface area contributed by atoms with Gasteiger partial charge in [-0.05, 0) is 26.4 Å². The smallest absolute Gasteiger partial charge is 0.217 e. The first-order valence-corrected chi connectivity index (χ1v) is 4.14. The zero-order valence-corrected chi connectivity index (χ0v) is 7.26. The molecule has 3 nitrogen and oxygen atoms in total. The summed E-state index contributed by atoms with van der Waals surface area (Å²) in [6, 6.07) is 0.381. The highest BCUT2D eigenvalue weighted by Crippen LogP contribution is 2.07. The average molecular weight is 156 g/mol. The van der Waals surface area contributed by atoms with Crippen molar-refractivity contribution >= 4 is 5.91 Å². The summed E-state index contributed by atoms with van der Waals surface area (Å²) in [5.74, 6) is 0.0882. The van der Waals surface area contributed by atoms with Crippen LogP contribution in [0.25, 0.3) is 0 Å². The van der Waals surface area contributed by atoms with E-state index in [4.69, 9.17) is 0 Å². The lowest BCUT2D eigenvalue weighted by Gasteiger charge is -2.29. The molecule has 1 rings (SSSR count). The maximum atomic E-state index is 10.7. The van der Waals surface area contributed by atoms with Gasteiger partial charge in [0.25, 0.3) is 0 Å². The number of carbonyl (C=O) groups excluding carboxylic acids is 1. The molecular formula is C8H16N2O. The Morgan fingerprint density at radius 2 is 2.36 bits per heavy atom. The molecule has 1 N–H and O–H groups in total. The van der Waals surface area contributed by atoms with E-state index in [0.717, 1.165) is 19.5 Å². The number of likely N-dealkylation sites (N-methyl/N-ethyl adjacent to an activating group) is 1. The third-order valence-electron chi connectivity index (χ3n) is 2.03. The number of likely N-dealkylation sites (tertiary alicyclic amines) is 1. The molecule has 1 fully saturated rings. The molecule has 1 atom stereocenters. The Morgan fingerprint density at radius 3 is 2.91 bits per heavy atom. The van der Waals surface area contributed by atoms with E-state index < -0.39 is 0 Å². The minimum atomic E-state index is 0.0882. The number of amides is 1. The first-order valence-electron chi connectivity index (χ1n) is 4.14. The van der Waals surface area contributed by atoms with Crippen LogP contribution in [0.15, 0.2) is 0 Å². The van der Waals surface area contributed by atoms with Crippen molar-refractivity contribution in [2.75, 3.05) is 20.1 Å². The fourth-order valence-electron chi connectivity index (χ4n) is 1.57. The monoisotopic (exact) mass is 156 g/mol. The lowest BCUT2D eigenvalue weighted by atomic mass is 10.1. The molecule has 0 aromatic rings. The molecule has 1 aliphatic rings. The fourth-order valence-corrected chi connectivity index (χ4v) is 1.57. The predicted molar refractivity (Wildman–Crippen MR) is 44.3 cm³/mol. The molecule has 0 aliphatic carbocycles. The number of piperidine rings is 1. The van der Waals surface area contributed by atoms with Crippen LogP contribution in [0.3, 0.4) is 0 Å². The Balaban J connectivity index is 2.28. The molecular weight excluding hydrogens is 140 g/mol. The van der Waals surface area contributed by atoms with Gasteiger partial charge < -0.3 is 10.2 Å². The Hall–Kier alpha value is -0.570. The Bertz CT molecular complexity index is 147. The first-order chi connectivity index (χ1) is 5.18. The van der Waals surface area contributed by atoms with E-state index in [1.165, 1.54) is 6.42 Å². The topological polar surface area (TPSA) is 32.3 Å². The Kier molecular flexibility index (Phi) is 2.88. The highest BCUT2D eigenvalue weighted by Gasteiger charge is 2.16. The maximum Gasteiger partial charge on any atom is 0.217 e. The second-order valence-corrected chi connectivity index (χ2v) is 3.30. The third-order valence-corrected chi connectivity index (χ3v) is 2.03. The highest BCUT2D eigenvalue weighted by atomic mass is 16.1. The van der Waals surface area contributed by atoms with Crippen LogP contribution in [0.2, 0.25) is 0 Å². The van der Waals surface area contributed by atoms with Crippen molar-refractivity contribution in [1.82, 2.24) is 10.2 Å². The van der Waals surface area contributed by atoms with Gasteiger partial charge in [-0.25, -0.2) is 0 Å². The van der Waals surface area contributed by atoms with Crippen LogP contribution in [-0.4, -0.2) is 37.0 Å². The zero-order valence-electron chi connectivity index (χ0n) is 7.26. The van der Waals surface area contributed by atoms with Crippen molar-refractivity contribution in [3.8, 4) is 0 Å². The summed E-state index contributed by atoms with van der Waals surface area (Å²) in [6.07, 6.45) is 2.32. The summed E-state index contributed by atoms with van der Waals surface area (Å²) < 4.78 is 0. The maximum absolute atomic E-state index is 10.7. The Labute approximate surface area is 67.8 Å². The van der Waals surface area contributed by atoms with Crippen molar-refractivity contribution in [2.24, 2.45) is 0 Å². The molecule has 0 saturated carbocycles. The van der Waals surface area contributed by atoms with E-state index in [1.807, 2.05) is 0 Å². The number of carbonyl (C=O) groups is 1.